The summed E-state index contributed by atoms with van der Waals surface area (Å²) in [4.78, 5) is 41.8. The number of hydrogen-bond acceptors (Lipinski definition) is 9. The van der Waals surface area contributed by atoms with Crippen LogP contribution in [0.3, 0.4) is 0 Å². The number of thioether (sulfide) groups is 1. The van der Waals surface area contributed by atoms with Gasteiger partial charge in [0.25, 0.3) is 5.91 Å². The summed E-state index contributed by atoms with van der Waals surface area (Å²) >= 11 is 2.76. The number of anilines is 2. The van der Waals surface area contributed by atoms with Crippen LogP contribution in [0.1, 0.15) is 6.92 Å². The molecule has 1 unspecified atom stereocenters. The molecule has 4 N–H and O–H groups in total. The van der Waals surface area contributed by atoms with E-state index < -0.39 is 23.3 Å². The summed E-state index contributed by atoms with van der Waals surface area (Å²) in [6.45, 7) is 1.74. The van der Waals surface area contributed by atoms with E-state index >= 15 is 0 Å². The Hall–Kier alpha value is -2.05. The van der Waals surface area contributed by atoms with E-state index in [1.807, 2.05) is 12.1 Å². The molecule has 0 bridgehead atoms. The summed E-state index contributed by atoms with van der Waals surface area (Å²) in [5, 5.41) is 17.3. The van der Waals surface area contributed by atoms with E-state index in [9.17, 15) is 19.5 Å². The molecule has 12 heteroatoms. The summed E-state index contributed by atoms with van der Waals surface area (Å²) in [5.74, 6) is -1.80. The third-order valence-corrected chi connectivity index (χ3v) is 6.88. The van der Waals surface area contributed by atoms with Gasteiger partial charge < -0.3 is 26.3 Å². The number of nitrogen functional groups attached to an aromatic ring is 1. The summed E-state index contributed by atoms with van der Waals surface area (Å²) < 4.78 is 0.903. The monoisotopic (exact) mass is 467 g/mol. The van der Waals surface area contributed by atoms with Crippen LogP contribution in [0.5, 0.6) is 0 Å². The molecular formula is C19H18N5NaO4S2. The maximum absolute atomic E-state index is 12.5. The van der Waals surface area contributed by atoms with Gasteiger partial charge in [-0.3, -0.25) is 14.5 Å². The molecule has 0 saturated carbocycles. The molecule has 2 aromatic rings. The molecule has 2 atom stereocenters. The Balaban J connectivity index is 0.00000272. The summed E-state index contributed by atoms with van der Waals surface area (Å²) in [6.07, 6.45) is 3.37. The molecule has 1 fully saturated rings. The minimum absolute atomic E-state index is 0. The van der Waals surface area contributed by atoms with Crippen molar-refractivity contribution in [3.05, 3.63) is 41.6 Å². The minimum Gasteiger partial charge on any atom is -0.543 e. The van der Waals surface area contributed by atoms with Crippen molar-refractivity contribution in [2.24, 2.45) is 0 Å². The van der Waals surface area contributed by atoms with Crippen molar-refractivity contribution in [2.75, 3.05) is 23.3 Å². The third kappa shape index (κ3) is 4.60. The fourth-order valence-electron chi connectivity index (χ4n) is 3.42. The van der Waals surface area contributed by atoms with Crippen molar-refractivity contribution in [2.45, 2.75) is 18.3 Å². The van der Waals surface area contributed by atoms with Gasteiger partial charge in [0.2, 0.25) is 5.91 Å². The predicted molar refractivity (Wildman–Crippen MR) is 114 cm³/mol. The largest absolute Gasteiger partial charge is 1.00 e. The van der Waals surface area contributed by atoms with Gasteiger partial charge in [-0.05, 0) is 30.7 Å². The summed E-state index contributed by atoms with van der Waals surface area (Å²) in [5.41, 5.74) is 7.62. The van der Waals surface area contributed by atoms with E-state index in [0.29, 0.717) is 16.5 Å². The second-order valence-corrected chi connectivity index (χ2v) is 8.87. The molecule has 1 saturated heterocycles. The van der Waals surface area contributed by atoms with Crippen LogP contribution < -0.4 is 51.0 Å². The van der Waals surface area contributed by atoms with E-state index in [2.05, 4.69) is 15.6 Å². The van der Waals surface area contributed by atoms with E-state index in [1.54, 1.807) is 25.1 Å². The van der Waals surface area contributed by atoms with Gasteiger partial charge in [0, 0.05) is 11.4 Å². The number of carboxylic acid groups (broad SMARTS) is 1. The molecule has 2 amide bonds. The molecule has 1 aromatic heterocycles. The van der Waals surface area contributed by atoms with E-state index in [0.717, 1.165) is 15.9 Å². The number of benzene rings is 1. The fourth-order valence-corrected chi connectivity index (χ4v) is 5.51. The van der Waals surface area contributed by atoms with Crippen molar-refractivity contribution in [3.63, 3.8) is 0 Å². The second kappa shape index (κ2) is 9.61. The van der Waals surface area contributed by atoms with Gasteiger partial charge in [0.05, 0.1) is 28.4 Å². The number of rotatable bonds is 6. The Kier molecular flexibility index (Phi) is 7.32. The maximum Gasteiger partial charge on any atom is 1.00 e. The van der Waals surface area contributed by atoms with Crippen molar-refractivity contribution in [1.82, 2.24) is 15.2 Å². The predicted octanol–water partition coefficient (Wildman–Crippen LogP) is -2.73. The molecule has 31 heavy (non-hydrogen) atoms. The molecule has 2 aliphatic heterocycles. The van der Waals surface area contributed by atoms with Gasteiger partial charge in [-0.25, -0.2) is 4.98 Å². The average Bonchev–Trinajstić information content (AvgIpc) is 3.09. The van der Waals surface area contributed by atoms with Crippen molar-refractivity contribution in [3.8, 4) is 0 Å². The Morgan fingerprint density at radius 3 is 2.90 bits per heavy atom. The molecule has 2 aliphatic rings. The number of fused-ring (bicyclic) bond motifs is 2. The Morgan fingerprint density at radius 2 is 2.19 bits per heavy atom. The van der Waals surface area contributed by atoms with Gasteiger partial charge in [-0.15, -0.1) is 11.8 Å². The fraction of sp³-hybridized carbons (Fsp3) is 0.263. The van der Waals surface area contributed by atoms with Gasteiger partial charge in [-0.2, -0.15) is 0 Å². The number of nitrogens with one attached hydrogen (secondary N) is 2. The van der Waals surface area contributed by atoms with Crippen LogP contribution in [0.2, 0.25) is 0 Å². The first-order valence-electron chi connectivity index (χ1n) is 9.10. The quantitative estimate of drug-likeness (QED) is 0.307. The standard InChI is InChI=1S/C19H19N5O4S2.Na/c1-2-3-9-8-29-17-14(16(26)24(17)15(9)18(27)28)23-13(25)7-21-10-4-5-11-12(6-10)30-19(20)22-11;/h2-6,14,17,21H,7-8H2,1H3,(H2,20,22)(H,23,25)(H,27,28);/q;+1/p-1/b3-2-;/t14?,17-;/m0./s1. The van der Waals surface area contributed by atoms with Crippen LogP contribution in [-0.4, -0.2) is 51.4 Å². The number of aromatic nitrogens is 1. The van der Waals surface area contributed by atoms with Gasteiger partial charge in [0.1, 0.15) is 11.4 Å². The second-order valence-electron chi connectivity index (χ2n) is 6.70. The Labute approximate surface area is 208 Å². The first-order valence-corrected chi connectivity index (χ1v) is 11.0. The maximum atomic E-state index is 12.5. The number of allylic oxidation sites excluding steroid dienone is 2. The molecule has 156 valence electrons. The number of β-lactam (4-membered cyclic amide) rings is 1. The zero-order valence-corrected chi connectivity index (χ0v) is 20.5. The number of carboxylic acids is 1. The number of carbonyl (C=O) groups is 3. The molecule has 3 heterocycles. The Bertz CT molecular complexity index is 1120. The van der Waals surface area contributed by atoms with Crippen LogP contribution in [0.15, 0.2) is 41.6 Å². The average molecular weight is 468 g/mol. The number of carbonyl (C=O) groups excluding carboxylic acids is 3. The zero-order chi connectivity index (χ0) is 21.4. The van der Waals surface area contributed by atoms with Crippen LogP contribution in [-0.2, 0) is 14.4 Å². The first-order chi connectivity index (χ1) is 14.4. The van der Waals surface area contributed by atoms with Gasteiger partial charge >= 0.3 is 29.6 Å². The number of amides is 2. The normalized spacial score (nSPS) is 20.3. The molecule has 4 rings (SSSR count). The van der Waals surface area contributed by atoms with Crippen molar-refractivity contribution < 1.29 is 49.0 Å². The topological polar surface area (TPSA) is 140 Å². The van der Waals surface area contributed by atoms with Crippen LogP contribution in [0.4, 0.5) is 10.8 Å². The molecule has 0 aliphatic carbocycles. The van der Waals surface area contributed by atoms with Crippen LogP contribution in [0.25, 0.3) is 10.2 Å². The first kappa shape index (κ1) is 23.6. The SMILES string of the molecule is C/C=C\C1=C(C(=O)[O-])N2C(=O)C(NC(=O)CNc3ccc4nc(N)sc4c3)[C@@H]2SC1.[Na+]. The summed E-state index contributed by atoms with van der Waals surface area (Å²) in [6, 6.07) is 4.69. The third-order valence-electron chi connectivity index (χ3n) is 4.73. The number of nitrogens with zero attached hydrogens (tertiary/aromatic N) is 2. The van der Waals surface area contributed by atoms with E-state index in [4.69, 9.17) is 5.73 Å². The van der Waals surface area contributed by atoms with Crippen LogP contribution >= 0.6 is 23.1 Å². The molecule has 9 nitrogen and oxygen atoms in total. The van der Waals surface area contributed by atoms with E-state index in [-0.39, 0.29) is 47.7 Å². The minimum atomic E-state index is -1.40. The van der Waals surface area contributed by atoms with Gasteiger partial charge in [-0.1, -0.05) is 23.5 Å². The molecule has 0 radical (unpaired) electrons. The number of thiazole rings is 1. The van der Waals surface area contributed by atoms with Crippen LogP contribution in [0, 0.1) is 0 Å². The summed E-state index contributed by atoms with van der Waals surface area (Å²) in [7, 11) is 0. The number of nitrogens with two attached hydrogens (primary N) is 1. The molecule has 0 spiro atoms. The number of hydrogen-bond donors (Lipinski definition) is 3. The molecular weight excluding hydrogens is 449 g/mol. The Morgan fingerprint density at radius 1 is 1.42 bits per heavy atom. The van der Waals surface area contributed by atoms with E-state index in [1.165, 1.54) is 28.0 Å². The smallest absolute Gasteiger partial charge is 0.543 e. The van der Waals surface area contributed by atoms with Gasteiger partial charge in [0.15, 0.2) is 5.13 Å². The molecule has 1 aromatic carbocycles. The number of aliphatic carboxylic acids is 1. The van der Waals surface area contributed by atoms with Crippen molar-refractivity contribution in [1.29, 1.82) is 0 Å². The van der Waals surface area contributed by atoms with Crippen molar-refractivity contribution >= 4 is 61.9 Å². The zero-order valence-electron chi connectivity index (χ0n) is 16.9.